The lowest BCUT2D eigenvalue weighted by atomic mass is 9.48. The Hall–Kier alpha value is -0.670. The second kappa shape index (κ2) is 5.19. The molecular formula is C22H32O3. The zero-order valence-corrected chi connectivity index (χ0v) is 16.0. The molecule has 3 nitrogen and oxygen atoms in total. The Morgan fingerprint density at radius 2 is 2.08 bits per heavy atom. The van der Waals surface area contributed by atoms with Crippen molar-refractivity contribution in [3.05, 3.63) is 11.6 Å². The molecule has 138 valence electrons. The molecule has 25 heavy (non-hydrogen) atoms. The first-order valence-corrected chi connectivity index (χ1v) is 10.3. The van der Waals surface area contributed by atoms with E-state index in [2.05, 4.69) is 13.0 Å². The number of ether oxygens (including phenoxy) is 2. The van der Waals surface area contributed by atoms with Gasteiger partial charge in [-0.2, -0.15) is 0 Å². The number of carbonyl (C=O) groups is 1. The minimum absolute atomic E-state index is 0.0951. The smallest absolute Gasteiger partial charge is 0.136 e. The van der Waals surface area contributed by atoms with Gasteiger partial charge in [-0.05, 0) is 67.6 Å². The zero-order valence-electron chi connectivity index (χ0n) is 16.0. The molecule has 0 amide bonds. The van der Waals surface area contributed by atoms with Gasteiger partial charge in [0.2, 0.25) is 0 Å². The van der Waals surface area contributed by atoms with Crippen LogP contribution in [0, 0.1) is 34.5 Å². The van der Waals surface area contributed by atoms with Crippen LogP contribution in [0.3, 0.4) is 0 Å². The SMILES string of the molecule is COC[C@@]1(OC)C[C@@H]2C[C@@]23[C@@H]2CC=C4CC(=O)CC[C@@H]4[C@H]2CC[C@]13C. The van der Waals surface area contributed by atoms with E-state index >= 15 is 0 Å². The highest BCUT2D eigenvalue weighted by molar-refractivity contribution is 5.82. The minimum atomic E-state index is -0.0951. The van der Waals surface area contributed by atoms with Crippen molar-refractivity contribution in [2.75, 3.05) is 20.8 Å². The number of Topliss-reactive ketones (excluding diaryl/α,β-unsaturated/α-hetero) is 1. The van der Waals surface area contributed by atoms with E-state index in [1.807, 2.05) is 14.2 Å². The van der Waals surface area contributed by atoms with Crippen LogP contribution in [0.5, 0.6) is 0 Å². The highest BCUT2D eigenvalue weighted by Crippen LogP contribution is 2.84. The summed E-state index contributed by atoms with van der Waals surface area (Å²) in [4.78, 5) is 11.9. The van der Waals surface area contributed by atoms with Crippen molar-refractivity contribution in [3.8, 4) is 0 Å². The van der Waals surface area contributed by atoms with E-state index < -0.39 is 0 Å². The van der Waals surface area contributed by atoms with E-state index in [4.69, 9.17) is 9.47 Å². The van der Waals surface area contributed by atoms with Crippen molar-refractivity contribution in [1.82, 2.24) is 0 Å². The van der Waals surface area contributed by atoms with Gasteiger partial charge in [0.25, 0.3) is 0 Å². The predicted octanol–water partition coefficient (Wildman–Crippen LogP) is 4.16. The second-order valence-corrected chi connectivity index (χ2v) is 9.79. The van der Waals surface area contributed by atoms with E-state index in [9.17, 15) is 4.79 Å². The summed E-state index contributed by atoms with van der Waals surface area (Å²) in [5.74, 6) is 3.58. The molecule has 0 N–H and O–H groups in total. The molecule has 1 spiro atoms. The minimum Gasteiger partial charge on any atom is -0.382 e. The van der Waals surface area contributed by atoms with Crippen molar-refractivity contribution < 1.29 is 14.3 Å². The summed E-state index contributed by atoms with van der Waals surface area (Å²) in [6.45, 7) is 3.25. The van der Waals surface area contributed by atoms with E-state index in [1.165, 1.54) is 37.7 Å². The number of methoxy groups -OCH3 is 2. The first kappa shape index (κ1) is 16.5. The standard InChI is InChI=1S/C22H32O3/c1-20-9-8-18-17-6-5-16(23)10-14(17)4-7-19(18)22(20)12-15(22)11-21(20,25-3)13-24-2/h4,15,17-19H,5-13H2,1-3H3/t15-,17+,18-,19-,20-,21+,22+/m1/s1. The lowest BCUT2D eigenvalue weighted by Crippen LogP contribution is -2.58. The molecule has 0 aliphatic heterocycles. The summed E-state index contributed by atoms with van der Waals surface area (Å²) >= 11 is 0. The fourth-order valence-corrected chi connectivity index (χ4v) is 8.31. The Bertz CT molecular complexity index is 639. The van der Waals surface area contributed by atoms with E-state index in [1.54, 1.807) is 0 Å². The first-order valence-electron chi connectivity index (χ1n) is 10.3. The van der Waals surface area contributed by atoms with Gasteiger partial charge >= 0.3 is 0 Å². The molecule has 0 unspecified atom stereocenters. The Morgan fingerprint density at radius 3 is 2.84 bits per heavy atom. The topological polar surface area (TPSA) is 35.5 Å². The molecule has 0 aromatic heterocycles. The monoisotopic (exact) mass is 344 g/mol. The number of hydrogen-bond acceptors (Lipinski definition) is 3. The van der Waals surface area contributed by atoms with Crippen LogP contribution in [0.4, 0.5) is 0 Å². The van der Waals surface area contributed by atoms with Crippen molar-refractivity contribution in [2.45, 2.75) is 63.9 Å². The van der Waals surface area contributed by atoms with Crippen LogP contribution in [-0.2, 0) is 14.3 Å². The van der Waals surface area contributed by atoms with E-state index in [0.29, 0.717) is 17.1 Å². The Kier molecular flexibility index (Phi) is 3.43. The number of hydrogen-bond donors (Lipinski definition) is 0. The largest absolute Gasteiger partial charge is 0.382 e. The van der Waals surface area contributed by atoms with Crippen LogP contribution >= 0.6 is 0 Å². The molecule has 5 aliphatic carbocycles. The molecule has 4 fully saturated rings. The quantitative estimate of drug-likeness (QED) is 0.721. The summed E-state index contributed by atoms with van der Waals surface area (Å²) in [5.41, 5.74) is 2.10. The third-order valence-corrected chi connectivity index (χ3v) is 9.45. The fourth-order valence-electron chi connectivity index (χ4n) is 8.31. The van der Waals surface area contributed by atoms with Gasteiger partial charge in [0.05, 0.1) is 12.2 Å². The van der Waals surface area contributed by atoms with Crippen LogP contribution in [0.1, 0.15) is 58.3 Å². The average molecular weight is 344 g/mol. The Balaban J connectivity index is 1.52. The van der Waals surface area contributed by atoms with Gasteiger partial charge in [0.15, 0.2) is 0 Å². The third-order valence-electron chi connectivity index (χ3n) is 9.45. The molecule has 3 heteroatoms. The molecule has 0 heterocycles. The molecule has 4 saturated carbocycles. The van der Waals surface area contributed by atoms with Gasteiger partial charge in [-0.3, -0.25) is 4.79 Å². The van der Waals surface area contributed by atoms with Crippen molar-refractivity contribution in [2.24, 2.45) is 34.5 Å². The van der Waals surface area contributed by atoms with Gasteiger partial charge in [-0.25, -0.2) is 0 Å². The maximum atomic E-state index is 11.9. The summed E-state index contributed by atoms with van der Waals surface area (Å²) in [7, 11) is 3.72. The zero-order chi connectivity index (χ0) is 17.4. The maximum Gasteiger partial charge on any atom is 0.136 e. The fraction of sp³-hybridized carbons (Fsp3) is 0.864. The van der Waals surface area contributed by atoms with Gasteiger partial charge in [0, 0.05) is 32.5 Å². The van der Waals surface area contributed by atoms with Crippen LogP contribution in [0.15, 0.2) is 11.6 Å². The van der Waals surface area contributed by atoms with Crippen molar-refractivity contribution in [1.29, 1.82) is 0 Å². The molecular weight excluding hydrogens is 312 g/mol. The average Bonchev–Trinajstić information content (AvgIpc) is 3.27. The van der Waals surface area contributed by atoms with Crippen molar-refractivity contribution >= 4 is 5.78 Å². The van der Waals surface area contributed by atoms with Gasteiger partial charge in [0.1, 0.15) is 5.78 Å². The molecule has 0 saturated heterocycles. The molecule has 0 aromatic carbocycles. The van der Waals surface area contributed by atoms with Crippen LogP contribution in [-0.4, -0.2) is 32.2 Å². The van der Waals surface area contributed by atoms with Crippen LogP contribution in [0.25, 0.3) is 0 Å². The molecule has 0 bridgehead atoms. The first-order chi connectivity index (χ1) is 12.0. The van der Waals surface area contributed by atoms with Crippen LogP contribution in [0.2, 0.25) is 0 Å². The number of fused-ring (bicyclic) bond motifs is 3. The molecule has 0 aromatic rings. The summed E-state index contributed by atoms with van der Waals surface area (Å²) in [6, 6.07) is 0. The van der Waals surface area contributed by atoms with E-state index in [0.717, 1.165) is 43.6 Å². The normalized spacial score (nSPS) is 53.4. The summed E-state index contributed by atoms with van der Waals surface area (Å²) < 4.78 is 11.9. The second-order valence-electron chi connectivity index (χ2n) is 9.79. The Morgan fingerprint density at radius 1 is 1.24 bits per heavy atom. The number of rotatable bonds is 3. The summed E-state index contributed by atoms with van der Waals surface area (Å²) in [6.07, 6.45) is 11.5. The lowest BCUT2D eigenvalue weighted by Gasteiger charge is -2.58. The number of ketones is 1. The van der Waals surface area contributed by atoms with Crippen LogP contribution < -0.4 is 0 Å². The third kappa shape index (κ3) is 1.82. The molecule has 0 radical (unpaired) electrons. The lowest BCUT2D eigenvalue weighted by molar-refractivity contribution is -0.181. The van der Waals surface area contributed by atoms with Gasteiger partial charge in [-0.1, -0.05) is 18.6 Å². The molecule has 7 atom stereocenters. The van der Waals surface area contributed by atoms with Gasteiger partial charge in [-0.15, -0.1) is 0 Å². The summed E-state index contributed by atoms with van der Waals surface area (Å²) in [5, 5.41) is 0. The predicted molar refractivity (Wildman–Crippen MR) is 96.1 cm³/mol. The van der Waals surface area contributed by atoms with E-state index in [-0.39, 0.29) is 11.0 Å². The maximum absolute atomic E-state index is 11.9. The molecule has 5 aliphatic rings. The van der Waals surface area contributed by atoms with Crippen molar-refractivity contribution in [3.63, 3.8) is 0 Å². The number of allylic oxidation sites excluding steroid dienone is 2. The highest BCUT2D eigenvalue weighted by Gasteiger charge is 2.81. The highest BCUT2D eigenvalue weighted by atomic mass is 16.5. The Labute approximate surface area is 151 Å². The molecule has 5 rings (SSSR count). The number of carbonyl (C=O) groups excluding carboxylic acids is 1. The van der Waals surface area contributed by atoms with Gasteiger partial charge < -0.3 is 9.47 Å².